The molecular weight excluding hydrogens is 486 g/mol. The predicted octanol–water partition coefficient (Wildman–Crippen LogP) is 4.91. The summed E-state index contributed by atoms with van der Waals surface area (Å²) in [6.07, 6.45) is 4.65. The Labute approximate surface area is 210 Å². The van der Waals surface area contributed by atoms with E-state index in [4.69, 9.17) is 22.1 Å². The highest BCUT2D eigenvalue weighted by Gasteiger charge is 2.50. The van der Waals surface area contributed by atoms with Crippen molar-refractivity contribution in [1.82, 2.24) is 15.3 Å². The third-order valence-electron chi connectivity index (χ3n) is 7.17. The second-order valence-electron chi connectivity index (χ2n) is 9.14. The summed E-state index contributed by atoms with van der Waals surface area (Å²) >= 11 is 6.51. The first-order valence-corrected chi connectivity index (χ1v) is 12.0. The Morgan fingerprint density at radius 1 is 1.19 bits per heavy atom. The Balaban J connectivity index is 1.63. The van der Waals surface area contributed by atoms with Gasteiger partial charge in [0.25, 0.3) is 0 Å². The van der Waals surface area contributed by atoms with Crippen molar-refractivity contribution in [2.24, 2.45) is 5.73 Å². The molecule has 0 bridgehead atoms. The summed E-state index contributed by atoms with van der Waals surface area (Å²) in [5.41, 5.74) is 6.14. The Hall–Kier alpha value is -3.62. The van der Waals surface area contributed by atoms with E-state index >= 15 is 8.78 Å². The van der Waals surface area contributed by atoms with Gasteiger partial charge in [0, 0.05) is 35.4 Å². The van der Waals surface area contributed by atoms with Gasteiger partial charge in [0.05, 0.1) is 27.5 Å². The lowest BCUT2D eigenvalue weighted by Gasteiger charge is -2.35. The van der Waals surface area contributed by atoms with Crippen LogP contribution >= 0.6 is 11.6 Å². The maximum absolute atomic E-state index is 16.1. The highest BCUT2D eigenvalue weighted by molar-refractivity contribution is 6.34. The molecule has 0 saturated carbocycles. The van der Waals surface area contributed by atoms with Crippen LogP contribution in [0.25, 0.3) is 22.0 Å². The molecule has 1 fully saturated rings. The van der Waals surface area contributed by atoms with E-state index in [1.54, 1.807) is 0 Å². The van der Waals surface area contributed by atoms with Crippen LogP contribution in [-0.2, 0) is 12.0 Å². The number of ether oxygens (including phenoxy) is 1. The number of hydrogen-bond donors (Lipinski definition) is 2. The van der Waals surface area contributed by atoms with Crippen molar-refractivity contribution >= 4 is 28.4 Å². The molecule has 3 aromatic carbocycles. The molecule has 6 nitrogen and oxygen atoms in total. The van der Waals surface area contributed by atoms with Crippen molar-refractivity contribution < 1.29 is 18.3 Å². The zero-order valence-corrected chi connectivity index (χ0v) is 19.8. The summed E-state index contributed by atoms with van der Waals surface area (Å²) in [7, 11) is 0. The number of amides is 1. The number of hydrogen-bond acceptors (Lipinski definition) is 5. The van der Waals surface area contributed by atoms with E-state index in [0.29, 0.717) is 12.0 Å². The van der Waals surface area contributed by atoms with Crippen LogP contribution in [0.2, 0.25) is 5.02 Å². The molecule has 1 amide bonds. The van der Waals surface area contributed by atoms with Crippen molar-refractivity contribution in [3.63, 3.8) is 0 Å². The number of primary amides is 1. The number of halogens is 3. The van der Waals surface area contributed by atoms with Gasteiger partial charge in [0.1, 0.15) is 23.7 Å². The Morgan fingerprint density at radius 3 is 2.72 bits per heavy atom. The molecule has 2 aliphatic heterocycles. The molecule has 3 N–H and O–H groups in total. The summed E-state index contributed by atoms with van der Waals surface area (Å²) in [5, 5.41) is 3.27. The van der Waals surface area contributed by atoms with E-state index < -0.39 is 23.1 Å². The normalized spacial score (nSPS) is 20.9. The number of carbonyl (C=O) groups is 1. The Bertz CT molecular complexity index is 1530. The maximum Gasteiger partial charge on any atom is 0.249 e. The summed E-state index contributed by atoms with van der Waals surface area (Å²) in [5.74, 6) is -2.21. The first-order valence-electron chi connectivity index (χ1n) is 11.6. The number of nitrogens with two attached hydrogens (primary N) is 1. The summed E-state index contributed by atoms with van der Waals surface area (Å²) < 4.78 is 37.9. The van der Waals surface area contributed by atoms with Crippen LogP contribution in [-0.4, -0.2) is 28.5 Å². The minimum Gasteiger partial charge on any atom is -0.480 e. The molecule has 36 heavy (non-hydrogen) atoms. The Morgan fingerprint density at radius 2 is 2.00 bits per heavy atom. The highest BCUT2D eigenvalue weighted by Crippen LogP contribution is 2.52. The van der Waals surface area contributed by atoms with Crippen molar-refractivity contribution in [1.29, 1.82) is 0 Å². The smallest absolute Gasteiger partial charge is 0.249 e. The second-order valence-corrected chi connectivity index (χ2v) is 9.52. The summed E-state index contributed by atoms with van der Waals surface area (Å²) in [6, 6.07) is 12.2. The van der Waals surface area contributed by atoms with E-state index in [0.717, 1.165) is 24.9 Å². The summed E-state index contributed by atoms with van der Waals surface area (Å²) in [6.45, 7) is 0.825. The lowest BCUT2D eigenvalue weighted by molar-refractivity contribution is 0.0539. The molecule has 9 heteroatoms. The number of benzene rings is 3. The van der Waals surface area contributed by atoms with E-state index in [1.807, 2.05) is 30.3 Å². The van der Waals surface area contributed by atoms with Crippen LogP contribution < -0.4 is 15.8 Å². The minimum atomic E-state index is -0.885. The number of carbonyl (C=O) groups excluding carboxylic acids is 1. The van der Waals surface area contributed by atoms with Crippen molar-refractivity contribution in [2.75, 3.05) is 6.54 Å². The van der Waals surface area contributed by atoms with E-state index in [9.17, 15) is 4.79 Å². The van der Waals surface area contributed by atoms with E-state index in [2.05, 4.69) is 15.3 Å². The zero-order chi connectivity index (χ0) is 25.0. The molecular formula is C27H21ClF2N4O2. The highest BCUT2D eigenvalue weighted by atomic mass is 35.5. The van der Waals surface area contributed by atoms with Crippen LogP contribution in [0.1, 0.15) is 34.3 Å². The molecule has 0 spiro atoms. The molecule has 6 rings (SSSR count). The number of rotatable bonds is 4. The molecule has 1 aromatic heterocycles. The zero-order valence-electron chi connectivity index (χ0n) is 19.0. The average molecular weight is 507 g/mol. The van der Waals surface area contributed by atoms with Gasteiger partial charge >= 0.3 is 0 Å². The van der Waals surface area contributed by atoms with Crippen LogP contribution in [0.15, 0.2) is 55.0 Å². The van der Waals surface area contributed by atoms with Crippen LogP contribution in [0, 0.1) is 11.6 Å². The van der Waals surface area contributed by atoms with Crippen molar-refractivity contribution in [3.8, 4) is 16.9 Å². The van der Waals surface area contributed by atoms with Crippen LogP contribution in [0.5, 0.6) is 5.75 Å². The second kappa shape index (κ2) is 8.50. The fraction of sp³-hybridized carbons (Fsp3) is 0.222. The lowest BCUT2D eigenvalue weighted by atomic mass is 9.80. The third kappa shape index (κ3) is 3.36. The molecule has 2 atom stereocenters. The van der Waals surface area contributed by atoms with Crippen LogP contribution in [0.3, 0.4) is 0 Å². The van der Waals surface area contributed by atoms with Gasteiger partial charge in [-0.25, -0.2) is 18.7 Å². The Kier molecular flexibility index (Phi) is 5.39. The molecule has 3 heterocycles. The van der Waals surface area contributed by atoms with Gasteiger partial charge in [-0.15, -0.1) is 0 Å². The van der Waals surface area contributed by atoms with Gasteiger partial charge in [0.15, 0.2) is 5.60 Å². The topological polar surface area (TPSA) is 90.1 Å². The maximum atomic E-state index is 16.1. The number of nitrogens with one attached hydrogen (secondary N) is 1. The first-order chi connectivity index (χ1) is 17.4. The molecule has 4 aromatic rings. The van der Waals surface area contributed by atoms with Crippen molar-refractivity contribution in [3.05, 3.63) is 88.3 Å². The standard InChI is InChI=1S/C27H21ClF2N4O2/c28-24-18(29)10-20-16(11-27(36-20,21-7-4-8-33-21)14-5-2-1-3-6-14)22(24)23-15(26(31)35)9-19-17(25(23)30)12-32-13-34-19/h1-3,5-6,9-10,12-13,21,33H,4,7-8,11H2,(H2,31,35)/t21-,27-/m0/s1. The van der Waals surface area contributed by atoms with Gasteiger partial charge in [-0.05, 0) is 31.0 Å². The van der Waals surface area contributed by atoms with Gasteiger partial charge in [-0.3, -0.25) is 4.79 Å². The van der Waals surface area contributed by atoms with E-state index in [-0.39, 0.29) is 44.4 Å². The fourth-order valence-electron chi connectivity index (χ4n) is 5.55. The van der Waals surface area contributed by atoms with Crippen molar-refractivity contribution in [2.45, 2.75) is 30.9 Å². The molecule has 0 radical (unpaired) electrons. The molecule has 0 aliphatic carbocycles. The van der Waals surface area contributed by atoms with Gasteiger partial charge in [-0.2, -0.15) is 0 Å². The third-order valence-corrected chi connectivity index (χ3v) is 7.54. The molecule has 182 valence electrons. The van der Waals surface area contributed by atoms with E-state index in [1.165, 1.54) is 24.7 Å². The number of aromatic nitrogens is 2. The average Bonchev–Trinajstić information content (AvgIpc) is 3.55. The van der Waals surface area contributed by atoms with Gasteiger partial charge in [0.2, 0.25) is 5.91 Å². The predicted molar refractivity (Wildman–Crippen MR) is 132 cm³/mol. The minimum absolute atomic E-state index is 0.0551. The summed E-state index contributed by atoms with van der Waals surface area (Å²) in [4.78, 5) is 20.4. The molecule has 2 aliphatic rings. The molecule has 1 saturated heterocycles. The van der Waals surface area contributed by atoms with Gasteiger partial charge < -0.3 is 15.8 Å². The number of fused-ring (bicyclic) bond motifs is 2. The van der Waals surface area contributed by atoms with Crippen LogP contribution in [0.4, 0.5) is 8.78 Å². The lowest BCUT2D eigenvalue weighted by Crippen LogP contribution is -2.48. The number of nitrogens with zero attached hydrogens (tertiary/aromatic N) is 2. The van der Waals surface area contributed by atoms with Gasteiger partial charge in [-0.1, -0.05) is 41.9 Å². The first kappa shape index (κ1) is 22.8. The monoisotopic (exact) mass is 506 g/mol. The molecule has 0 unspecified atom stereocenters. The fourth-order valence-corrected chi connectivity index (χ4v) is 5.81. The SMILES string of the molecule is NC(=O)c1cc2ncncc2c(F)c1-c1c(Cl)c(F)cc2c1C[C@](c1ccccc1)([C@@H]1CCCN1)O2. The quantitative estimate of drug-likeness (QED) is 0.410. The largest absolute Gasteiger partial charge is 0.480 e.